The summed E-state index contributed by atoms with van der Waals surface area (Å²) in [5.41, 5.74) is 6.99. The van der Waals surface area contributed by atoms with Crippen LogP contribution >= 0.6 is 11.8 Å². The first-order valence-corrected chi connectivity index (χ1v) is 6.53. The summed E-state index contributed by atoms with van der Waals surface area (Å²) in [6, 6.07) is 8.18. The van der Waals surface area contributed by atoms with Crippen LogP contribution in [0.3, 0.4) is 0 Å². The van der Waals surface area contributed by atoms with E-state index >= 15 is 0 Å². The zero-order valence-electron chi connectivity index (χ0n) is 10.3. The van der Waals surface area contributed by atoms with Crippen molar-refractivity contribution >= 4 is 17.6 Å². The van der Waals surface area contributed by atoms with Crippen molar-refractivity contribution in [3.8, 4) is 0 Å². The molecule has 0 radical (unpaired) electrons. The molecule has 0 atom stereocenters. The standard InChI is InChI=1S/C13H14FN3S/c1-8-3-5-10(6-4-8)18-7-11-16-9(2)12(14)13(15)17-11/h3-6H,7H2,1-2H3,(H2,15,16,17). The van der Waals surface area contributed by atoms with Gasteiger partial charge in [0.15, 0.2) is 11.6 Å². The third-order valence-electron chi connectivity index (χ3n) is 2.48. The van der Waals surface area contributed by atoms with E-state index in [1.54, 1.807) is 18.7 Å². The van der Waals surface area contributed by atoms with Gasteiger partial charge >= 0.3 is 0 Å². The molecule has 0 aliphatic heterocycles. The van der Waals surface area contributed by atoms with E-state index in [4.69, 9.17) is 5.73 Å². The van der Waals surface area contributed by atoms with Gasteiger partial charge < -0.3 is 5.73 Å². The molecule has 0 aliphatic carbocycles. The first-order chi connectivity index (χ1) is 8.56. The summed E-state index contributed by atoms with van der Waals surface area (Å²) in [6.45, 7) is 3.63. The highest BCUT2D eigenvalue weighted by Crippen LogP contribution is 2.22. The number of aryl methyl sites for hydroxylation is 2. The van der Waals surface area contributed by atoms with Crippen LogP contribution in [0.25, 0.3) is 0 Å². The maximum Gasteiger partial charge on any atom is 0.186 e. The second kappa shape index (κ2) is 5.35. The first-order valence-electron chi connectivity index (χ1n) is 5.54. The Morgan fingerprint density at radius 3 is 2.44 bits per heavy atom. The summed E-state index contributed by atoms with van der Waals surface area (Å²) in [5, 5.41) is 0. The van der Waals surface area contributed by atoms with Gasteiger partial charge in [-0.25, -0.2) is 14.4 Å². The third-order valence-corrected chi connectivity index (χ3v) is 3.49. The molecule has 1 aromatic carbocycles. The predicted molar refractivity (Wildman–Crippen MR) is 71.9 cm³/mol. The highest BCUT2D eigenvalue weighted by molar-refractivity contribution is 7.98. The van der Waals surface area contributed by atoms with Gasteiger partial charge in [0.05, 0.1) is 11.4 Å². The van der Waals surface area contributed by atoms with Crippen molar-refractivity contribution in [1.82, 2.24) is 9.97 Å². The molecular formula is C13H14FN3S. The Kier molecular flexibility index (Phi) is 3.81. The maximum absolute atomic E-state index is 13.3. The third kappa shape index (κ3) is 2.98. The van der Waals surface area contributed by atoms with E-state index in [2.05, 4.69) is 9.97 Å². The summed E-state index contributed by atoms with van der Waals surface area (Å²) >= 11 is 1.60. The minimum atomic E-state index is -0.529. The zero-order chi connectivity index (χ0) is 13.1. The fourth-order valence-corrected chi connectivity index (χ4v) is 2.24. The van der Waals surface area contributed by atoms with E-state index in [0.717, 1.165) is 4.90 Å². The quantitative estimate of drug-likeness (QED) is 0.864. The molecule has 0 spiro atoms. The average molecular weight is 263 g/mol. The van der Waals surface area contributed by atoms with Crippen LogP contribution in [0.15, 0.2) is 29.2 Å². The zero-order valence-corrected chi connectivity index (χ0v) is 11.1. The van der Waals surface area contributed by atoms with Crippen molar-refractivity contribution in [2.75, 3.05) is 5.73 Å². The molecular weight excluding hydrogens is 249 g/mol. The largest absolute Gasteiger partial charge is 0.381 e. The van der Waals surface area contributed by atoms with Crippen LogP contribution in [0.4, 0.5) is 10.2 Å². The fourth-order valence-electron chi connectivity index (χ4n) is 1.49. The first kappa shape index (κ1) is 12.8. The molecule has 2 aromatic rings. The van der Waals surface area contributed by atoms with Crippen molar-refractivity contribution in [2.24, 2.45) is 0 Å². The Labute approximate surface area is 110 Å². The van der Waals surface area contributed by atoms with E-state index in [1.165, 1.54) is 5.56 Å². The number of hydrogen-bond donors (Lipinski definition) is 1. The number of hydrogen-bond acceptors (Lipinski definition) is 4. The average Bonchev–Trinajstić information content (AvgIpc) is 2.35. The number of nitrogens with zero attached hydrogens (tertiary/aromatic N) is 2. The number of nitrogen functional groups attached to an aromatic ring is 1. The molecule has 3 nitrogen and oxygen atoms in total. The molecule has 0 saturated heterocycles. The number of halogens is 1. The number of thioether (sulfide) groups is 1. The van der Waals surface area contributed by atoms with Gasteiger partial charge in [0, 0.05) is 4.90 Å². The Balaban J connectivity index is 2.08. The molecule has 0 fully saturated rings. The maximum atomic E-state index is 13.3. The van der Waals surface area contributed by atoms with E-state index in [0.29, 0.717) is 17.3 Å². The SMILES string of the molecule is Cc1ccc(SCc2nc(C)c(F)c(N)n2)cc1. The number of rotatable bonds is 3. The molecule has 0 unspecified atom stereocenters. The summed E-state index contributed by atoms with van der Waals surface area (Å²) in [5.74, 6) is 0.520. The number of nitrogens with two attached hydrogens (primary N) is 1. The van der Waals surface area contributed by atoms with Gasteiger partial charge in [-0.05, 0) is 26.0 Å². The van der Waals surface area contributed by atoms with Gasteiger partial charge in [-0.1, -0.05) is 17.7 Å². The lowest BCUT2D eigenvalue weighted by atomic mass is 10.2. The Morgan fingerprint density at radius 2 is 1.83 bits per heavy atom. The van der Waals surface area contributed by atoms with E-state index < -0.39 is 5.82 Å². The Bertz CT molecular complexity index is 532. The molecule has 2 N–H and O–H groups in total. The predicted octanol–water partition coefficient (Wildman–Crippen LogP) is 3.11. The number of benzene rings is 1. The normalized spacial score (nSPS) is 10.6. The van der Waals surface area contributed by atoms with Crippen LogP contribution in [-0.2, 0) is 5.75 Å². The van der Waals surface area contributed by atoms with Crippen molar-refractivity contribution in [2.45, 2.75) is 24.5 Å². The van der Waals surface area contributed by atoms with E-state index in [-0.39, 0.29) is 5.82 Å². The van der Waals surface area contributed by atoms with Gasteiger partial charge in [0.1, 0.15) is 5.82 Å². The molecule has 1 heterocycles. The lowest BCUT2D eigenvalue weighted by molar-refractivity contribution is 0.604. The molecule has 0 bridgehead atoms. The lowest BCUT2D eigenvalue weighted by Crippen LogP contribution is -2.04. The fraction of sp³-hybridized carbons (Fsp3) is 0.231. The highest BCUT2D eigenvalue weighted by atomic mass is 32.2. The monoisotopic (exact) mass is 263 g/mol. The van der Waals surface area contributed by atoms with Crippen LogP contribution in [0, 0.1) is 19.7 Å². The Hall–Kier alpha value is -1.62. The molecule has 0 amide bonds. The molecule has 18 heavy (non-hydrogen) atoms. The lowest BCUT2D eigenvalue weighted by Gasteiger charge is -2.05. The van der Waals surface area contributed by atoms with Gasteiger partial charge in [0.2, 0.25) is 0 Å². The minimum Gasteiger partial charge on any atom is -0.381 e. The van der Waals surface area contributed by atoms with E-state index in [9.17, 15) is 4.39 Å². The molecule has 5 heteroatoms. The summed E-state index contributed by atoms with van der Waals surface area (Å²) in [6.07, 6.45) is 0. The molecule has 0 aliphatic rings. The van der Waals surface area contributed by atoms with Crippen molar-refractivity contribution in [3.63, 3.8) is 0 Å². The van der Waals surface area contributed by atoms with Gasteiger partial charge in [0.25, 0.3) is 0 Å². The van der Waals surface area contributed by atoms with E-state index in [1.807, 2.05) is 31.2 Å². The van der Waals surface area contributed by atoms with Crippen molar-refractivity contribution in [1.29, 1.82) is 0 Å². The molecule has 2 rings (SSSR count). The molecule has 94 valence electrons. The molecule has 1 aromatic heterocycles. The minimum absolute atomic E-state index is 0.0815. The van der Waals surface area contributed by atoms with Gasteiger partial charge in [-0.2, -0.15) is 0 Å². The van der Waals surface area contributed by atoms with Crippen molar-refractivity contribution in [3.05, 3.63) is 47.2 Å². The van der Waals surface area contributed by atoms with Gasteiger partial charge in [-0.15, -0.1) is 11.8 Å². The summed E-state index contributed by atoms with van der Waals surface area (Å²) in [7, 11) is 0. The Morgan fingerprint density at radius 1 is 1.17 bits per heavy atom. The van der Waals surface area contributed by atoms with Gasteiger partial charge in [-0.3, -0.25) is 0 Å². The van der Waals surface area contributed by atoms with Crippen LogP contribution < -0.4 is 5.73 Å². The topological polar surface area (TPSA) is 51.8 Å². The second-order valence-corrected chi connectivity index (χ2v) is 5.07. The summed E-state index contributed by atoms with van der Waals surface area (Å²) < 4.78 is 13.3. The number of anilines is 1. The van der Waals surface area contributed by atoms with Crippen LogP contribution in [0.2, 0.25) is 0 Å². The van der Waals surface area contributed by atoms with Crippen LogP contribution in [0.5, 0.6) is 0 Å². The van der Waals surface area contributed by atoms with Crippen LogP contribution in [0.1, 0.15) is 17.1 Å². The molecule has 0 saturated carbocycles. The van der Waals surface area contributed by atoms with Crippen molar-refractivity contribution < 1.29 is 4.39 Å². The van der Waals surface area contributed by atoms with Crippen LogP contribution in [-0.4, -0.2) is 9.97 Å². The number of aromatic nitrogens is 2. The second-order valence-electron chi connectivity index (χ2n) is 4.03. The summed E-state index contributed by atoms with van der Waals surface area (Å²) in [4.78, 5) is 9.15. The highest BCUT2D eigenvalue weighted by Gasteiger charge is 2.08. The smallest absolute Gasteiger partial charge is 0.186 e.